The Morgan fingerprint density at radius 3 is 2.76 bits per heavy atom. The first kappa shape index (κ1) is 15.4. The highest BCUT2D eigenvalue weighted by Crippen LogP contribution is 2.61. The fraction of sp³-hybridized carbons (Fsp3) is 0.800. The van der Waals surface area contributed by atoms with E-state index >= 15 is 0 Å². The van der Waals surface area contributed by atoms with Gasteiger partial charge in [0, 0.05) is 5.41 Å². The number of ether oxygens (including phenoxy) is 1. The molecule has 0 aliphatic heterocycles. The first-order valence-corrected chi connectivity index (χ1v) is 7.34. The molecule has 2 rings (SSSR count). The number of aliphatic imine (C=N–C) groups is 2. The van der Waals surface area contributed by atoms with Crippen molar-refractivity contribution in [2.24, 2.45) is 33.2 Å². The van der Waals surface area contributed by atoms with Crippen LogP contribution in [0.3, 0.4) is 0 Å². The first-order valence-electron chi connectivity index (χ1n) is 7.34. The van der Waals surface area contributed by atoms with Gasteiger partial charge >= 0.3 is 0 Å². The summed E-state index contributed by atoms with van der Waals surface area (Å²) in [5.74, 6) is 1.44. The van der Waals surface area contributed by atoms with Crippen LogP contribution in [0.25, 0.3) is 0 Å². The van der Waals surface area contributed by atoms with Crippen LogP contribution >= 0.6 is 0 Å². The minimum absolute atomic E-state index is 0.0222. The molecule has 21 heavy (non-hydrogen) atoms. The third kappa shape index (κ3) is 3.39. The van der Waals surface area contributed by atoms with E-state index in [0.29, 0.717) is 37.5 Å². The zero-order valence-corrected chi connectivity index (χ0v) is 12.0. The van der Waals surface area contributed by atoms with Crippen LogP contribution in [0.4, 0.5) is 0 Å². The van der Waals surface area contributed by atoms with Crippen LogP contribution in [0.5, 0.6) is 0 Å². The number of isocyanates is 2. The van der Waals surface area contributed by atoms with Gasteiger partial charge in [-0.25, -0.2) is 19.6 Å². The highest BCUT2D eigenvalue weighted by atomic mass is 16.5. The lowest BCUT2D eigenvalue weighted by Gasteiger charge is -2.36. The molecule has 0 radical (unpaired) electrons. The highest BCUT2D eigenvalue weighted by Gasteiger charge is 2.56. The molecular weight excluding hydrogens is 270 g/mol. The van der Waals surface area contributed by atoms with Crippen molar-refractivity contribution in [1.82, 2.24) is 0 Å². The number of rotatable bonds is 8. The summed E-state index contributed by atoms with van der Waals surface area (Å²) in [7, 11) is 0. The van der Waals surface area contributed by atoms with E-state index in [4.69, 9.17) is 10.00 Å². The highest BCUT2D eigenvalue weighted by molar-refractivity contribution is 5.33. The molecule has 2 aliphatic rings. The molecule has 2 fully saturated rings. The molecule has 6 nitrogen and oxygen atoms in total. The summed E-state index contributed by atoms with van der Waals surface area (Å²) in [6, 6.07) is 0. The number of carbonyl (C=O) groups excluding carboxylic acids is 2. The summed E-state index contributed by atoms with van der Waals surface area (Å²) in [6.07, 6.45) is 9.86. The van der Waals surface area contributed by atoms with Gasteiger partial charge in [0.1, 0.15) is 6.61 Å². The van der Waals surface area contributed by atoms with E-state index < -0.39 is 0 Å². The maximum atomic E-state index is 10.3. The zero-order valence-electron chi connectivity index (χ0n) is 12.0. The molecule has 4 atom stereocenters. The van der Waals surface area contributed by atoms with Gasteiger partial charge in [-0.3, -0.25) is 0 Å². The largest absolute Gasteiger partial charge is 0.427 e. The van der Waals surface area contributed by atoms with E-state index in [1.54, 1.807) is 18.4 Å². The minimum Gasteiger partial charge on any atom is -0.427 e. The van der Waals surface area contributed by atoms with Crippen LogP contribution in [0, 0.1) is 34.7 Å². The molecule has 2 bridgehead atoms. The van der Waals surface area contributed by atoms with Crippen LogP contribution in [-0.4, -0.2) is 31.9 Å². The van der Waals surface area contributed by atoms with Crippen molar-refractivity contribution < 1.29 is 14.3 Å². The molecular formula is C15H19N3O3. The number of nitrogens with zero attached hydrogens (tertiary/aromatic N) is 3. The van der Waals surface area contributed by atoms with Crippen molar-refractivity contribution in [2.45, 2.75) is 32.1 Å². The van der Waals surface area contributed by atoms with Crippen molar-refractivity contribution in [3.8, 4) is 6.26 Å². The predicted octanol–water partition coefficient (Wildman–Crippen LogP) is 1.97. The SMILES string of the molecule is N#COCC12CC(CN=C=O)C(CC1CCCN=C=O)C2. The maximum Gasteiger partial charge on any atom is 0.286 e. The third-order valence-electron chi connectivity index (χ3n) is 5.16. The Kier molecular flexibility index (Phi) is 5.27. The lowest BCUT2D eigenvalue weighted by molar-refractivity contribution is 0.0591. The summed E-state index contributed by atoms with van der Waals surface area (Å²) >= 11 is 0. The van der Waals surface area contributed by atoms with Gasteiger partial charge in [0.25, 0.3) is 6.26 Å². The number of nitriles is 1. The van der Waals surface area contributed by atoms with E-state index in [-0.39, 0.29) is 5.41 Å². The summed E-state index contributed by atoms with van der Waals surface area (Å²) in [5.41, 5.74) is 0.0222. The first-order chi connectivity index (χ1) is 10.3. The minimum atomic E-state index is 0.0222. The Morgan fingerprint density at radius 2 is 2.05 bits per heavy atom. The quantitative estimate of drug-likeness (QED) is 0.295. The molecule has 0 saturated heterocycles. The van der Waals surface area contributed by atoms with Crippen LogP contribution in [-0.2, 0) is 14.3 Å². The molecule has 6 heteroatoms. The van der Waals surface area contributed by atoms with Gasteiger partial charge in [-0.05, 0) is 49.9 Å². The predicted molar refractivity (Wildman–Crippen MR) is 73.5 cm³/mol. The molecule has 2 aliphatic carbocycles. The van der Waals surface area contributed by atoms with Crippen LogP contribution in [0.1, 0.15) is 32.1 Å². The second-order valence-electron chi connectivity index (χ2n) is 6.15. The van der Waals surface area contributed by atoms with Crippen molar-refractivity contribution >= 4 is 12.2 Å². The number of fused-ring (bicyclic) bond motifs is 2. The molecule has 0 heterocycles. The van der Waals surface area contributed by atoms with Crippen molar-refractivity contribution in [3.63, 3.8) is 0 Å². The fourth-order valence-corrected chi connectivity index (χ4v) is 4.35. The maximum absolute atomic E-state index is 10.3. The van der Waals surface area contributed by atoms with E-state index in [2.05, 4.69) is 9.98 Å². The Balaban J connectivity index is 1.98. The average Bonchev–Trinajstić information content (AvgIpc) is 3.02. The standard InChI is InChI=1S/C15H19N3O3/c16-9-21-8-15-5-12(13(6-15)7-18-11-20)4-14(15)2-1-3-17-10-19/h12-14H,1-8H2. The monoisotopic (exact) mass is 289 g/mol. The van der Waals surface area contributed by atoms with Gasteiger partial charge in [-0.1, -0.05) is 0 Å². The number of hydrogen-bond acceptors (Lipinski definition) is 6. The van der Waals surface area contributed by atoms with Gasteiger partial charge in [0.05, 0.1) is 13.1 Å². The smallest absolute Gasteiger partial charge is 0.286 e. The Hall–Kier alpha value is -1.95. The van der Waals surface area contributed by atoms with Gasteiger partial charge < -0.3 is 4.74 Å². The van der Waals surface area contributed by atoms with Crippen molar-refractivity contribution in [1.29, 1.82) is 5.26 Å². The molecule has 4 unspecified atom stereocenters. The van der Waals surface area contributed by atoms with E-state index in [1.807, 2.05) is 0 Å². The van der Waals surface area contributed by atoms with E-state index in [0.717, 1.165) is 32.1 Å². The molecule has 0 aromatic heterocycles. The average molecular weight is 289 g/mol. The Bertz CT molecular complexity index is 503. The third-order valence-corrected chi connectivity index (χ3v) is 5.16. The Morgan fingerprint density at radius 1 is 1.24 bits per heavy atom. The summed E-state index contributed by atoms with van der Waals surface area (Å²) < 4.78 is 5.06. The van der Waals surface area contributed by atoms with E-state index in [1.165, 1.54) is 0 Å². The van der Waals surface area contributed by atoms with Crippen molar-refractivity contribution in [3.05, 3.63) is 0 Å². The Labute approximate surface area is 123 Å². The summed E-state index contributed by atoms with van der Waals surface area (Å²) in [4.78, 5) is 27.7. The summed E-state index contributed by atoms with van der Waals surface area (Å²) in [6.45, 7) is 1.49. The molecule has 0 amide bonds. The van der Waals surface area contributed by atoms with Crippen molar-refractivity contribution in [2.75, 3.05) is 19.7 Å². The molecule has 2 saturated carbocycles. The number of hydrogen-bond donors (Lipinski definition) is 0. The second kappa shape index (κ2) is 7.17. The second-order valence-corrected chi connectivity index (χ2v) is 6.15. The lowest BCUT2D eigenvalue weighted by Crippen LogP contribution is -2.33. The van der Waals surface area contributed by atoms with Gasteiger partial charge in [0.2, 0.25) is 12.2 Å². The zero-order chi connectivity index (χ0) is 15.1. The van der Waals surface area contributed by atoms with Gasteiger partial charge in [0.15, 0.2) is 0 Å². The molecule has 0 N–H and O–H groups in total. The van der Waals surface area contributed by atoms with Crippen LogP contribution in [0.15, 0.2) is 9.98 Å². The molecule has 0 aromatic carbocycles. The topological polar surface area (TPSA) is 91.9 Å². The lowest BCUT2D eigenvalue weighted by atomic mass is 9.70. The fourth-order valence-electron chi connectivity index (χ4n) is 4.35. The molecule has 0 spiro atoms. The normalized spacial score (nSPS) is 32.8. The molecule has 0 aromatic rings. The molecule has 112 valence electrons. The van der Waals surface area contributed by atoms with Crippen LogP contribution < -0.4 is 0 Å². The van der Waals surface area contributed by atoms with Gasteiger partial charge in [-0.2, -0.15) is 5.26 Å². The van der Waals surface area contributed by atoms with Crippen LogP contribution in [0.2, 0.25) is 0 Å². The summed E-state index contributed by atoms with van der Waals surface area (Å²) in [5, 5.41) is 8.69. The van der Waals surface area contributed by atoms with Gasteiger partial charge in [-0.15, -0.1) is 0 Å². The van der Waals surface area contributed by atoms with E-state index in [9.17, 15) is 9.59 Å².